The number of unbranched alkanes of at least 4 members (excludes halogenated alkanes) is 2. The Morgan fingerprint density at radius 3 is 2.24 bits per heavy atom. The van der Waals surface area contributed by atoms with Crippen LogP contribution in [0.15, 0.2) is 47.4 Å². The number of hydrogen-bond donors (Lipinski definition) is 0. The summed E-state index contributed by atoms with van der Waals surface area (Å²) in [6, 6.07) is 11.5. The summed E-state index contributed by atoms with van der Waals surface area (Å²) < 4.78 is 32.7. The molecular weight excluding hydrogens is 299 g/mol. The Hall–Kier alpha value is -0.720. The zero-order valence-electron chi connectivity index (χ0n) is 12.3. The van der Waals surface area contributed by atoms with Crippen molar-refractivity contribution in [2.24, 2.45) is 0 Å². The Labute approximate surface area is 147 Å². The Morgan fingerprint density at radius 1 is 1.10 bits per heavy atom. The first-order chi connectivity index (χ1) is 9.50. The van der Waals surface area contributed by atoms with Gasteiger partial charge in [0.2, 0.25) is 0 Å². The molecule has 0 saturated carbocycles. The number of carbonyl (C=O) groups is 1. The molecule has 108 valence electrons. The Balaban J connectivity index is 0.000000495. The largest absolute Gasteiger partial charge is 1.00 e. The smallest absolute Gasteiger partial charge is 0.744 e. The van der Waals surface area contributed by atoms with Crippen LogP contribution in [-0.4, -0.2) is 19.3 Å². The fourth-order valence-corrected chi connectivity index (χ4v) is 2.40. The van der Waals surface area contributed by atoms with Crippen molar-refractivity contribution in [2.45, 2.75) is 31.1 Å². The maximum atomic E-state index is 10.9. The van der Waals surface area contributed by atoms with Crippen molar-refractivity contribution in [1.82, 2.24) is 0 Å². The predicted molar refractivity (Wildman–Crippen MR) is 77.5 cm³/mol. The fourth-order valence-electron chi connectivity index (χ4n) is 1.70. The number of carbonyl (C=O) groups excluding carboxylic acids is 1. The minimum absolute atomic E-state index is 0. The summed E-state index contributed by atoms with van der Waals surface area (Å²) in [4.78, 5) is 9.41. The van der Waals surface area contributed by atoms with Crippen molar-refractivity contribution in [3.63, 3.8) is 0 Å². The van der Waals surface area contributed by atoms with Crippen LogP contribution in [0.25, 0.3) is 10.8 Å². The molecule has 4 nitrogen and oxygen atoms in total. The van der Waals surface area contributed by atoms with Gasteiger partial charge in [-0.25, -0.2) is 8.42 Å². The molecule has 2 rings (SSSR count). The first kappa shape index (κ1) is 20.3. The SMILES string of the molecule is CCCCC=O.O=S(=O)([O-])c1cccc2ccccc12.[Na+]. The average molecular weight is 316 g/mol. The number of fused-ring (bicyclic) bond motifs is 1. The summed E-state index contributed by atoms with van der Waals surface area (Å²) in [7, 11) is -4.38. The predicted octanol–water partition coefficient (Wildman–Crippen LogP) is 0.123. The molecule has 2 aromatic rings. The van der Waals surface area contributed by atoms with Crippen LogP contribution in [0.2, 0.25) is 0 Å². The molecule has 0 N–H and O–H groups in total. The minimum Gasteiger partial charge on any atom is -0.744 e. The van der Waals surface area contributed by atoms with E-state index in [9.17, 15) is 17.8 Å². The van der Waals surface area contributed by atoms with Gasteiger partial charge < -0.3 is 9.35 Å². The normalized spacial score (nSPS) is 10.2. The Bertz CT molecular complexity index is 663. The van der Waals surface area contributed by atoms with Gasteiger partial charge in [0, 0.05) is 6.42 Å². The van der Waals surface area contributed by atoms with Gasteiger partial charge >= 0.3 is 29.6 Å². The van der Waals surface area contributed by atoms with Gasteiger partial charge in [0.25, 0.3) is 0 Å². The zero-order chi connectivity index (χ0) is 15.0. The second kappa shape index (κ2) is 10.1. The third-order valence-electron chi connectivity index (χ3n) is 2.69. The second-order valence-electron chi connectivity index (χ2n) is 4.24. The van der Waals surface area contributed by atoms with Crippen molar-refractivity contribution >= 4 is 27.2 Å². The van der Waals surface area contributed by atoms with Crippen LogP contribution >= 0.6 is 0 Å². The topological polar surface area (TPSA) is 74.3 Å². The van der Waals surface area contributed by atoms with Gasteiger partial charge in [-0.05, 0) is 23.3 Å². The maximum absolute atomic E-state index is 10.9. The molecule has 0 bridgehead atoms. The standard InChI is InChI=1S/C10H8O3S.C5H10O.Na/c11-14(12,13)10-7-3-5-8-4-1-2-6-9(8)10;1-2-3-4-5-6;/h1-7H,(H,11,12,13);5H,2-4H2,1H3;/q;;+1/p-1. The van der Waals surface area contributed by atoms with E-state index in [1.807, 2.05) is 0 Å². The summed E-state index contributed by atoms with van der Waals surface area (Å²) in [5.41, 5.74) is 0. The molecule has 0 aromatic heterocycles. The van der Waals surface area contributed by atoms with E-state index >= 15 is 0 Å². The number of aldehydes is 1. The van der Waals surface area contributed by atoms with E-state index in [0.717, 1.165) is 30.9 Å². The van der Waals surface area contributed by atoms with Crippen LogP contribution < -0.4 is 29.6 Å². The van der Waals surface area contributed by atoms with Crippen molar-refractivity contribution < 1.29 is 47.3 Å². The van der Waals surface area contributed by atoms with E-state index in [2.05, 4.69) is 6.92 Å². The molecule has 0 aliphatic heterocycles. The molecule has 0 unspecified atom stereocenters. The summed E-state index contributed by atoms with van der Waals surface area (Å²) >= 11 is 0. The molecule has 0 aliphatic rings. The number of hydrogen-bond acceptors (Lipinski definition) is 4. The molecule has 21 heavy (non-hydrogen) atoms. The van der Waals surface area contributed by atoms with Crippen molar-refractivity contribution in [2.75, 3.05) is 0 Å². The summed E-state index contributed by atoms with van der Waals surface area (Å²) in [5, 5.41) is 1.23. The van der Waals surface area contributed by atoms with E-state index in [-0.39, 0.29) is 34.5 Å². The number of benzene rings is 2. The molecule has 0 spiro atoms. The van der Waals surface area contributed by atoms with Gasteiger partial charge in [-0.15, -0.1) is 0 Å². The van der Waals surface area contributed by atoms with Crippen LogP contribution in [-0.2, 0) is 14.9 Å². The van der Waals surface area contributed by atoms with E-state index in [0.29, 0.717) is 5.39 Å². The summed E-state index contributed by atoms with van der Waals surface area (Å²) in [6.45, 7) is 2.07. The van der Waals surface area contributed by atoms with Gasteiger partial charge in [0.15, 0.2) is 0 Å². The van der Waals surface area contributed by atoms with Gasteiger partial charge in [-0.3, -0.25) is 0 Å². The molecule has 0 heterocycles. The fraction of sp³-hybridized carbons (Fsp3) is 0.267. The molecule has 6 heteroatoms. The number of rotatable bonds is 4. The summed E-state index contributed by atoms with van der Waals surface area (Å²) in [5.74, 6) is 0. The molecule has 0 atom stereocenters. The first-order valence-corrected chi connectivity index (χ1v) is 7.78. The minimum atomic E-state index is -4.38. The van der Waals surface area contributed by atoms with Crippen LogP contribution in [0, 0.1) is 0 Å². The van der Waals surface area contributed by atoms with E-state index in [1.54, 1.807) is 36.4 Å². The van der Waals surface area contributed by atoms with E-state index < -0.39 is 10.1 Å². The zero-order valence-corrected chi connectivity index (χ0v) is 15.1. The Kier molecular flexibility index (Phi) is 9.74. The van der Waals surface area contributed by atoms with Gasteiger partial charge in [-0.1, -0.05) is 49.7 Å². The van der Waals surface area contributed by atoms with E-state index in [4.69, 9.17) is 0 Å². The maximum Gasteiger partial charge on any atom is 1.00 e. The van der Waals surface area contributed by atoms with Crippen molar-refractivity contribution in [3.8, 4) is 0 Å². The van der Waals surface area contributed by atoms with Crippen molar-refractivity contribution in [3.05, 3.63) is 42.5 Å². The van der Waals surface area contributed by atoms with Crippen LogP contribution in [0.5, 0.6) is 0 Å². The molecule has 2 aromatic carbocycles. The second-order valence-corrected chi connectivity index (χ2v) is 5.59. The molecule has 0 amide bonds. The van der Waals surface area contributed by atoms with Gasteiger partial charge in [-0.2, -0.15) is 0 Å². The quantitative estimate of drug-likeness (QED) is 0.348. The third-order valence-corrected chi connectivity index (χ3v) is 3.59. The van der Waals surface area contributed by atoms with Crippen LogP contribution in [0.3, 0.4) is 0 Å². The first-order valence-electron chi connectivity index (χ1n) is 6.38. The van der Waals surface area contributed by atoms with Crippen molar-refractivity contribution in [1.29, 1.82) is 0 Å². The van der Waals surface area contributed by atoms with E-state index in [1.165, 1.54) is 6.07 Å². The van der Waals surface area contributed by atoms with Crippen LogP contribution in [0.1, 0.15) is 26.2 Å². The average Bonchev–Trinajstić information content (AvgIpc) is 2.44. The van der Waals surface area contributed by atoms with Gasteiger partial charge in [0.05, 0.1) is 4.90 Å². The molecule has 0 fully saturated rings. The molecule has 0 saturated heterocycles. The third kappa shape index (κ3) is 6.72. The molecule has 0 radical (unpaired) electrons. The van der Waals surface area contributed by atoms with Crippen LogP contribution in [0.4, 0.5) is 0 Å². The molecular formula is C15H17NaO4S. The Morgan fingerprint density at radius 2 is 1.71 bits per heavy atom. The monoisotopic (exact) mass is 316 g/mol. The molecule has 0 aliphatic carbocycles. The summed E-state index contributed by atoms with van der Waals surface area (Å²) in [6.07, 6.45) is 3.86. The van der Waals surface area contributed by atoms with Gasteiger partial charge in [0.1, 0.15) is 16.4 Å².